The number of benzene rings is 1. The summed E-state index contributed by atoms with van der Waals surface area (Å²) in [5.74, 6) is 0.757. The van der Waals surface area contributed by atoms with Gasteiger partial charge in [0.15, 0.2) is 10.6 Å². The van der Waals surface area contributed by atoms with E-state index in [0.29, 0.717) is 27.7 Å². The number of nitrogens with zero attached hydrogens (tertiary/aromatic N) is 4. The van der Waals surface area contributed by atoms with Crippen LogP contribution < -0.4 is 9.54 Å². The molecule has 1 aromatic heterocycles. The largest absolute Gasteiger partial charge is 0.496 e. The van der Waals surface area contributed by atoms with Gasteiger partial charge in [-0.2, -0.15) is 15.2 Å². The van der Waals surface area contributed by atoms with Crippen molar-refractivity contribution in [2.45, 2.75) is 57.6 Å². The molecule has 1 fully saturated rings. The average Bonchev–Trinajstić information content (AvgIpc) is 3.02. The molecule has 1 heterocycles. The second-order valence-corrected chi connectivity index (χ2v) is 9.77. The summed E-state index contributed by atoms with van der Waals surface area (Å²) in [7, 11) is 1.55. The molecule has 0 spiro atoms. The van der Waals surface area contributed by atoms with Crippen molar-refractivity contribution in [2.24, 2.45) is 9.98 Å². The van der Waals surface area contributed by atoms with Crippen molar-refractivity contribution < 1.29 is 9.84 Å². The van der Waals surface area contributed by atoms with Crippen molar-refractivity contribution in [1.82, 2.24) is 4.57 Å². The van der Waals surface area contributed by atoms with E-state index < -0.39 is 5.60 Å². The molecule has 2 aromatic rings. The summed E-state index contributed by atoms with van der Waals surface area (Å²) in [5, 5.41) is 20.4. The molecule has 0 bridgehead atoms. The van der Waals surface area contributed by atoms with Crippen LogP contribution in [0, 0.1) is 11.5 Å². The monoisotopic (exact) mass is 432 g/mol. The topological polar surface area (TPSA) is 82.9 Å². The van der Waals surface area contributed by atoms with Crippen molar-refractivity contribution in [1.29, 1.82) is 5.26 Å². The number of halogens is 1. The zero-order valence-electron chi connectivity index (χ0n) is 17.1. The van der Waals surface area contributed by atoms with Gasteiger partial charge in [-0.15, -0.1) is 11.3 Å². The maximum atomic E-state index is 10.7. The van der Waals surface area contributed by atoms with E-state index in [1.807, 2.05) is 17.0 Å². The first-order valence-corrected chi connectivity index (χ1v) is 10.6. The summed E-state index contributed by atoms with van der Waals surface area (Å²) >= 11 is 7.69. The Hall–Kier alpha value is -2.14. The van der Waals surface area contributed by atoms with Gasteiger partial charge >= 0.3 is 0 Å². The Bertz CT molecular complexity index is 1040. The summed E-state index contributed by atoms with van der Waals surface area (Å²) in [6.07, 6.45) is 6.45. The molecule has 154 valence electrons. The predicted molar refractivity (Wildman–Crippen MR) is 116 cm³/mol. The lowest BCUT2D eigenvalue weighted by atomic mass is 9.80. The molecule has 0 unspecified atom stereocenters. The molecular weight excluding hydrogens is 408 g/mol. The van der Waals surface area contributed by atoms with E-state index >= 15 is 0 Å². The highest BCUT2D eigenvalue weighted by atomic mass is 35.5. The van der Waals surface area contributed by atoms with Crippen LogP contribution >= 0.6 is 22.9 Å². The van der Waals surface area contributed by atoms with E-state index in [2.05, 4.69) is 25.8 Å². The van der Waals surface area contributed by atoms with Gasteiger partial charge in [-0.25, -0.2) is 0 Å². The maximum Gasteiger partial charge on any atom is 0.207 e. The van der Waals surface area contributed by atoms with Crippen LogP contribution in [0.4, 0.5) is 0 Å². The highest BCUT2D eigenvalue weighted by Crippen LogP contribution is 2.34. The number of methoxy groups -OCH3 is 1. The zero-order chi connectivity index (χ0) is 21.2. The number of nitriles is 1. The highest BCUT2D eigenvalue weighted by molar-refractivity contribution is 7.09. The highest BCUT2D eigenvalue weighted by Gasteiger charge is 2.35. The predicted octanol–water partition coefficient (Wildman–Crippen LogP) is 4.25. The van der Waals surface area contributed by atoms with Crippen molar-refractivity contribution in [3.63, 3.8) is 0 Å². The van der Waals surface area contributed by atoms with E-state index in [9.17, 15) is 10.4 Å². The van der Waals surface area contributed by atoms with Crippen LogP contribution in [0.5, 0.6) is 5.75 Å². The third-order valence-corrected chi connectivity index (χ3v) is 6.65. The second kappa shape index (κ2) is 8.31. The lowest BCUT2D eigenvalue weighted by Gasteiger charge is -2.36. The molecule has 3 rings (SSSR count). The second-order valence-electron chi connectivity index (χ2n) is 8.33. The van der Waals surface area contributed by atoms with Crippen LogP contribution in [-0.2, 0) is 12.0 Å². The van der Waals surface area contributed by atoms with Crippen LogP contribution in [0.1, 0.15) is 50.5 Å². The number of ether oxygens (including phenoxy) is 1. The fourth-order valence-corrected chi connectivity index (χ4v) is 4.35. The quantitative estimate of drug-likeness (QED) is 0.445. The van der Waals surface area contributed by atoms with E-state index in [0.717, 1.165) is 24.1 Å². The van der Waals surface area contributed by atoms with Crippen LogP contribution in [-0.4, -0.2) is 28.2 Å². The number of hydrogen-bond acceptors (Lipinski definition) is 5. The van der Waals surface area contributed by atoms with Crippen molar-refractivity contribution in [3.05, 3.63) is 44.7 Å². The Morgan fingerprint density at radius 2 is 2.14 bits per heavy atom. The van der Waals surface area contributed by atoms with E-state index in [1.165, 1.54) is 11.3 Å². The lowest BCUT2D eigenvalue weighted by Crippen LogP contribution is -2.42. The van der Waals surface area contributed by atoms with Crippen molar-refractivity contribution in [3.8, 4) is 11.9 Å². The number of aliphatic imine (C=N–C) groups is 1. The molecule has 1 N–H and O–H groups in total. The lowest BCUT2D eigenvalue weighted by molar-refractivity contribution is -0.0478. The van der Waals surface area contributed by atoms with Gasteiger partial charge in [-0.05, 0) is 42.9 Å². The minimum absolute atomic E-state index is 0.0668. The molecule has 0 radical (unpaired) electrons. The maximum absolute atomic E-state index is 10.7. The van der Waals surface area contributed by atoms with Gasteiger partial charge < -0.3 is 14.4 Å². The molecular formula is C21H25ClN4O2S. The molecule has 0 aliphatic heterocycles. The molecule has 1 aliphatic rings. The van der Waals surface area contributed by atoms with Crippen LogP contribution in [0.25, 0.3) is 0 Å². The first-order chi connectivity index (χ1) is 13.6. The third kappa shape index (κ3) is 4.89. The Morgan fingerprint density at radius 1 is 1.41 bits per heavy atom. The summed E-state index contributed by atoms with van der Waals surface area (Å²) in [6.45, 7) is 6.87. The van der Waals surface area contributed by atoms with Gasteiger partial charge in [0.1, 0.15) is 5.75 Å². The van der Waals surface area contributed by atoms with Crippen molar-refractivity contribution in [2.75, 3.05) is 7.11 Å². The summed E-state index contributed by atoms with van der Waals surface area (Å²) in [5.41, 5.74) is -0.227. The van der Waals surface area contributed by atoms with Gasteiger partial charge in [-0.1, -0.05) is 32.4 Å². The smallest absolute Gasteiger partial charge is 0.207 e. The Kier molecular flexibility index (Phi) is 6.18. The third-order valence-electron chi connectivity index (χ3n) is 4.97. The fourth-order valence-electron chi connectivity index (χ4n) is 3.13. The number of thiazole rings is 1. The van der Waals surface area contributed by atoms with Crippen LogP contribution in [0.2, 0.25) is 5.02 Å². The first kappa shape index (κ1) is 21.6. The van der Waals surface area contributed by atoms with Gasteiger partial charge in [0, 0.05) is 16.1 Å². The molecule has 1 aliphatic carbocycles. The SMILES string of the molecule is COc1ccc(Cl)cc1C(=NC#N)N=c1sc(C(C)(C)C)cn1CC1(O)CCC1. The Morgan fingerprint density at radius 3 is 2.69 bits per heavy atom. The molecule has 1 aromatic carbocycles. The normalized spacial score (nSPS) is 17.0. The summed E-state index contributed by atoms with van der Waals surface area (Å²) < 4.78 is 7.38. The molecule has 29 heavy (non-hydrogen) atoms. The minimum Gasteiger partial charge on any atom is -0.496 e. The van der Waals surface area contributed by atoms with Gasteiger partial charge in [0.2, 0.25) is 6.19 Å². The number of aliphatic hydroxyl groups is 1. The average molecular weight is 433 g/mol. The first-order valence-electron chi connectivity index (χ1n) is 9.44. The number of aromatic nitrogens is 1. The Labute approximate surface area is 179 Å². The molecule has 0 saturated heterocycles. The standard InChI is InChI=1S/C21H25ClN4O2S/c1-20(2,3)17-11-26(12-21(27)8-5-9-21)19(29-17)25-18(24-13-23)15-10-14(22)6-7-16(15)28-4/h6-7,10-11,27H,5,8-9,12H2,1-4H3. The fraction of sp³-hybridized carbons (Fsp3) is 0.476. The molecule has 1 saturated carbocycles. The molecule has 8 heteroatoms. The number of hydrogen-bond donors (Lipinski definition) is 1. The summed E-state index contributed by atoms with van der Waals surface area (Å²) in [4.78, 5) is 10.4. The van der Waals surface area contributed by atoms with Crippen LogP contribution in [0.15, 0.2) is 34.4 Å². The Balaban J connectivity index is 2.16. The van der Waals surface area contributed by atoms with Gasteiger partial charge in [0.25, 0.3) is 0 Å². The van der Waals surface area contributed by atoms with E-state index in [4.69, 9.17) is 21.3 Å². The minimum atomic E-state index is -0.703. The van der Waals surface area contributed by atoms with E-state index in [-0.39, 0.29) is 11.3 Å². The molecule has 0 amide bonds. The summed E-state index contributed by atoms with van der Waals surface area (Å²) in [6, 6.07) is 5.12. The van der Waals surface area contributed by atoms with Crippen LogP contribution in [0.3, 0.4) is 0 Å². The van der Waals surface area contributed by atoms with Crippen molar-refractivity contribution >= 4 is 28.8 Å². The zero-order valence-corrected chi connectivity index (χ0v) is 18.6. The van der Waals surface area contributed by atoms with Gasteiger partial charge in [0.05, 0.1) is 24.8 Å². The number of amidine groups is 1. The van der Waals surface area contributed by atoms with Gasteiger partial charge in [-0.3, -0.25) is 0 Å². The molecule has 0 atom stereocenters. The molecule has 6 nitrogen and oxygen atoms in total. The number of rotatable bonds is 4. The van der Waals surface area contributed by atoms with E-state index in [1.54, 1.807) is 25.3 Å².